The molecule has 1 aliphatic heterocycles. The van der Waals surface area contributed by atoms with E-state index in [9.17, 15) is 45.6 Å². The first-order valence-corrected chi connectivity index (χ1v) is 9.05. The maximum absolute atomic E-state index is 12.7. The fraction of sp³-hybridized carbons (Fsp3) is 0.350. The van der Waals surface area contributed by atoms with Crippen LogP contribution in [0.1, 0.15) is 27.6 Å². The highest BCUT2D eigenvalue weighted by atomic mass is 16.5. The Hall–Kier alpha value is -2.89. The Bertz CT molecular complexity index is 943. The van der Waals surface area contributed by atoms with Gasteiger partial charge in [0.15, 0.2) is 17.3 Å². The monoisotopic (exact) mass is 422 g/mol. The number of phenols is 4. The molecule has 2 aromatic carbocycles. The molecule has 3 rings (SSSR count). The van der Waals surface area contributed by atoms with Crippen LogP contribution in [0.25, 0.3) is 0 Å². The number of ketones is 1. The van der Waals surface area contributed by atoms with Gasteiger partial charge in [-0.1, -0.05) is 6.07 Å². The van der Waals surface area contributed by atoms with Gasteiger partial charge in [-0.15, -0.1) is 0 Å². The van der Waals surface area contributed by atoms with Gasteiger partial charge in [-0.2, -0.15) is 0 Å². The van der Waals surface area contributed by atoms with Crippen molar-refractivity contribution in [2.24, 2.45) is 0 Å². The van der Waals surface area contributed by atoms with Gasteiger partial charge in [-0.05, 0) is 29.8 Å². The predicted molar refractivity (Wildman–Crippen MR) is 100 cm³/mol. The van der Waals surface area contributed by atoms with Crippen molar-refractivity contribution in [3.8, 4) is 23.0 Å². The van der Waals surface area contributed by atoms with E-state index in [-0.39, 0.29) is 29.9 Å². The second kappa shape index (κ2) is 8.46. The molecule has 10 heteroatoms. The third-order valence-corrected chi connectivity index (χ3v) is 5.02. The number of benzene rings is 2. The number of hydrogen-bond donors (Lipinski definition) is 8. The average molecular weight is 422 g/mol. The molecule has 0 aromatic heterocycles. The molecule has 0 bridgehead atoms. The minimum Gasteiger partial charge on any atom is -0.507 e. The van der Waals surface area contributed by atoms with Crippen LogP contribution < -0.4 is 0 Å². The number of aromatic hydroxyl groups is 4. The number of aliphatic hydroxyl groups excluding tert-OH is 4. The Morgan fingerprint density at radius 2 is 1.63 bits per heavy atom. The van der Waals surface area contributed by atoms with Crippen molar-refractivity contribution < 1.29 is 50.4 Å². The van der Waals surface area contributed by atoms with Crippen molar-refractivity contribution in [2.45, 2.75) is 36.9 Å². The molecule has 0 unspecified atom stereocenters. The van der Waals surface area contributed by atoms with Crippen LogP contribution in [0.15, 0.2) is 30.3 Å². The Morgan fingerprint density at radius 1 is 0.967 bits per heavy atom. The molecule has 1 saturated heterocycles. The summed E-state index contributed by atoms with van der Waals surface area (Å²) in [7, 11) is 0. The first-order chi connectivity index (χ1) is 14.1. The third kappa shape index (κ3) is 4.04. The van der Waals surface area contributed by atoms with Gasteiger partial charge in [0, 0.05) is 6.42 Å². The molecule has 5 atom stereocenters. The highest BCUT2D eigenvalue weighted by Gasteiger charge is 2.41. The SMILES string of the molecule is O=C(c1ccc(O)c([C@H]2OC[C@@H](O)[C@@H](O)[C@H]2O)c1O)[C@H](O)Cc1ccc(O)c(O)c1. The molecule has 0 spiro atoms. The summed E-state index contributed by atoms with van der Waals surface area (Å²) in [6, 6.07) is 5.91. The fourth-order valence-electron chi connectivity index (χ4n) is 3.33. The van der Waals surface area contributed by atoms with Crippen LogP contribution in [0, 0.1) is 0 Å². The van der Waals surface area contributed by atoms with E-state index >= 15 is 0 Å². The number of Topliss-reactive ketones (excluding diaryl/α,β-unsaturated/α-hetero) is 1. The fourth-order valence-corrected chi connectivity index (χ4v) is 3.33. The molecule has 1 heterocycles. The minimum atomic E-state index is -1.69. The van der Waals surface area contributed by atoms with E-state index in [2.05, 4.69) is 0 Å². The Morgan fingerprint density at radius 3 is 2.30 bits per heavy atom. The van der Waals surface area contributed by atoms with Crippen molar-refractivity contribution in [2.75, 3.05) is 6.61 Å². The quantitative estimate of drug-likeness (QED) is 0.229. The lowest BCUT2D eigenvalue weighted by Gasteiger charge is -2.36. The van der Waals surface area contributed by atoms with Crippen LogP contribution in [0.2, 0.25) is 0 Å². The zero-order chi connectivity index (χ0) is 22.2. The molecule has 2 aromatic rings. The lowest BCUT2D eigenvalue weighted by atomic mass is 9.90. The average Bonchev–Trinajstić information content (AvgIpc) is 2.70. The lowest BCUT2D eigenvalue weighted by molar-refractivity contribution is -0.189. The maximum Gasteiger partial charge on any atom is 0.195 e. The standard InChI is InChI=1S/C20H22O10/c21-10-3-1-8(5-12(10)23)6-13(24)16(26)9-2-4-11(22)15(17(9)27)20-19(29)18(28)14(25)7-30-20/h1-5,13-14,18-25,27-29H,6-7H2/t13-,14-,18-,19-,20-/m1/s1. The lowest BCUT2D eigenvalue weighted by Crippen LogP contribution is -2.49. The van der Waals surface area contributed by atoms with Crippen LogP contribution >= 0.6 is 0 Å². The molecule has 10 nitrogen and oxygen atoms in total. The summed E-state index contributed by atoms with van der Waals surface area (Å²) in [6.45, 7) is -0.382. The highest BCUT2D eigenvalue weighted by Crippen LogP contribution is 2.41. The van der Waals surface area contributed by atoms with E-state index in [1.165, 1.54) is 18.2 Å². The number of ether oxygens (including phenoxy) is 1. The van der Waals surface area contributed by atoms with E-state index in [4.69, 9.17) is 4.74 Å². The molecule has 0 radical (unpaired) electrons. The number of carbonyl (C=O) groups is 1. The van der Waals surface area contributed by atoms with Gasteiger partial charge >= 0.3 is 0 Å². The first kappa shape index (κ1) is 21.8. The topological polar surface area (TPSA) is 188 Å². The molecule has 0 aliphatic carbocycles. The van der Waals surface area contributed by atoms with Gasteiger partial charge in [0.05, 0.1) is 17.7 Å². The summed E-state index contributed by atoms with van der Waals surface area (Å²) in [5.74, 6) is -2.97. The van der Waals surface area contributed by atoms with E-state index in [0.717, 1.165) is 12.1 Å². The highest BCUT2D eigenvalue weighted by molar-refractivity contribution is 6.02. The Labute approximate surface area is 170 Å². The van der Waals surface area contributed by atoms with Crippen molar-refractivity contribution >= 4 is 5.78 Å². The molecule has 1 fully saturated rings. The van der Waals surface area contributed by atoms with Crippen molar-refractivity contribution in [3.05, 3.63) is 47.0 Å². The molecule has 0 saturated carbocycles. The van der Waals surface area contributed by atoms with E-state index in [1.807, 2.05) is 0 Å². The molecule has 8 N–H and O–H groups in total. The predicted octanol–water partition coefficient (Wildman–Crippen LogP) is -0.551. The van der Waals surface area contributed by atoms with Gasteiger partial charge in [0.25, 0.3) is 0 Å². The zero-order valence-electron chi connectivity index (χ0n) is 15.6. The number of aliphatic hydroxyl groups is 4. The first-order valence-electron chi connectivity index (χ1n) is 9.05. The van der Waals surface area contributed by atoms with Crippen LogP contribution in [0.4, 0.5) is 0 Å². The van der Waals surface area contributed by atoms with Crippen LogP contribution in [-0.2, 0) is 11.2 Å². The summed E-state index contributed by atoms with van der Waals surface area (Å²) in [5, 5.41) is 79.4. The third-order valence-electron chi connectivity index (χ3n) is 5.02. The van der Waals surface area contributed by atoms with Gasteiger partial charge in [-0.3, -0.25) is 4.79 Å². The summed E-state index contributed by atoms with van der Waals surface area (Å²) in [6.07, 6.45) is -7.97. The molecule has 1 aliphatic rings. The van der Waals surface area contributed by atoms with Crippen LogP contribution in [0.3, 0.4) is 0 Å². The van der Waals surface area contributed by atoms with Gasteiger partial charge in [0.2, 0.25) is 0 Å². The number of hydrogen-bond acceptors (Lipinski definition) is 10. The van der Waals surface area contributed by atoms with Crippen LogP contribution in [-0.4, -0.2) is 77.7 Å². The summed E-state index contributed by atoms with van der Waals surface area (Å²) in [4.78, 5) is 12.7. The molecular formula is C20H22O10. The van der Waals surface area contributed by atoms with Crippen LogP contribution in [0.5, 0.6) is 23.0 Å². The molecule has 0 amide bonds. The summed E-state index contributed by atoms with van der Waals surface area (Å²) >= 11 is 0. The second-order valence-electron chi connectivity index (χ2n) is 7.10. The normalized spacial score (nSPS) is 25.1. The minimum absolute atomic E-state index is 0.240. The van der Waals surface area contributed by atoms with E-state index < -0.39 is 53.6 Å². The molecule has 30 heavy (non-hydrogen) atoms. The van der Waals surface area contributed by atoms with Gasteiger partial charge < -0.3 is 45.6 Å². The van der Waals surface area contributed by atoms with Gasteiger partial charge in [-0.25, -0.2) is 0 Å². The van der Waals surface area contributed by atoms with E-state index in [1.54, 1.807) is 0 Å². The van der Waals surface area contributed by atoms with Crippen molar-refractivity contribution in [1.29, 1.82) is 0 Å². The van der Waals surface area contributed by atoms with Gasteiger partial charge in [0.1, 0.15) is 42.0 Å². The molecular weight excluding hydrogens is 400 g/mol. The van der Waals surface area contributed by atoms with E-state index in [0.29, 0.717) is 5.56 Å². The number of phenolic OH excluding ortho intramolecular Hbond substituents is 4. The number of rotatable bonds is 5. The van der Waals surface area contributed by atoms with Crippen molar-refractivity contribution in [3.63, 3.8) is 0 Å². The molecule has 162 valence electrons. The smallest absolute Gasteiger partial charge is 0.195 e. The number of carbonyl (C=O) groups excluding carboxylic acids is 1. The maximum atomic E-state index is 12.7. The summed E-state index contributed by atoms with van der Waals surface area (Å²) < 4.78 is 5.23. The summed E-state index contributed by atoms with van der Waals surface area (Å²) in [5.41, 5.74) is -0.392. The Kier molecular flexibility index (Phi) is 6.15. The zero-order valence-corrected chi connectivity index (χ0v) is 15.6. The Balaban J connectivity index is 1.88. The van der Waals surface area contributed by atoms with Crippen molar-refractivity contribution in [1.82, 2.24) is 0 Å². The second-order valence-corrected chi connectivity index (χ2v) is 7.10. The largest absolute Gasteiger partial charge is 0.507 e.